The molecule has 1 fully saturated rings. The van der Waals surface area contributed by atoms with E-state index in [1.54, 1.807) is 0 Å². The molecule has 1 rings (SSSR count). The summed E-state index contributed by atoms with van der Waals surface area (Å²) in [7, 11) is 0. The molecule has 1 N–H and O–H groups in total. The maximum absolute atomic E-state index is 5.60. The Balaban J connectivity index is 1.95. The highest BCUT2D eigenvalue weighted by Crippen LogP contribution is 2.16. The summed E-state index contributed by atoms with van der Waals surface area (Å²) in [6.07, 6.45) is 4.41. The fraction of sp³-hybridized carbons (Fsp3) is 1.00. The van der Waals surface area contributed by atoms with E-state index in [9.17, 15) is 0 Å². The molecule has 3 heteroatoms. The van der Waals surface area contributed by atoms with Crippen molar-refractivity contribution in [2.24, 2.45) is 0 Å². The lowest BCUT2D eigenvalue weighted by molar-refractivity contribution is 0.0741. The molecule has 0 spiro atoms. The Bertz CT molecular complexity index is 156. The SMILES string of the molecule is CC(CC1CCCO1)NCCOC(C)C. The van der Waals surface area contributed by atoms with E-state index in [1.165, 1.54) is 12.8 Å². The highest BCUT2D eigenvalue weighted by atomic mass is 16.5. The largest absolute Gasteiger partial charge is 0.378 e. The van der Waals surface area contributed by atoms with E-state index in [1.807, 2.05) is 0 Å². The zero-order chi connectivity index (χ0) is 11.1. The van der Waals surface area contributed by atoms with Gasteiger partial charge in [0.2, 0.25) is 0 Å². The second-order valence-electron chi connectivity index (χ2n) is 4.65. The van der Waals surface area contributed by atoms with Crippen LogP contribution in [0.4, 0.5) is 0 Å². The maximum Gasteiger partial charge on any atom is 0.0594 e. The van der Waals surface area contributed by atoms with Gasteiger partial charge in [-0.25, -0.2) is 0 Å². The van der Waals surface area contributed by atoms with Crippen LogP contribution in [0.5, 0.6) is 0 Å². The van der Waals surface area contributed by atoms with Crippen molar-refractivity contribution in [3.8, 4) is 0 Å². The van der Waals surface area contributed by atoms with Gasteiger partial charge in [0, 0.05) is 19.2 Å². The average Bonchev–Trinajstić information content (AvgIpc) is 2.64. The van der Waals surface area contributed by atoms with Crippen LogP contribution in [0.15, 0.2) is 0 Å². The first-order chi connectivity index (χ1) is 7.18. The normalized spacial score (nSPS) is 23.6. The van der Waals surface area contributed by atoms with Gasteiger partial charge >= 0.3 is 0 Å². The van der Waals surface area contributed by atoms with Crippen LogP contribution in [0.3, 0.4) is 0 Å². The quantitative estimate of drug-likeness (QED) is 0.659. The van der Waals surface area contributed by atoms with Crippen LogP contribution in [-0.4, -0.2) is 38.0 Å². The summed E-state index contributed by atoms with van der Waals surface area (Å²) in [5.41, 5.74) is 0. The number of hydrogen-bond donors (Lipinski definition) is 1. The monoisotopic (exact) mass is 215 g/mol. The molecular formula is C12H25NO2. The molecule has 2 atom stereocenters. The minimum atomic E-state index is 0.334. The van der Waals surface area contributed by atoms with Crippen LogP contribution in [0.1, 0.15) is 40.0 Å². The first kappa shape index (κ1) is 12.9. The summed E-state index contributed by atoms with van der Waals surface area (Å²) >= 11 is 0. The Kier molecular flexibility index (Phi) is 6.22. The second-order valence-corrected chi connectivity index (χ2v) is 4.65. The van der Waals surface area contributed by atoms with Crippen molar-refractivity contribution in [3.63, 3.8) is 0 Å². The molecule has 90 valence electrons. The third kappa shape index (κ3) is 6.13. The highest BCUT2D eigenvalue weighted by molar-refractivity contribution is 4.71. The van der Waals surface area contributed by atoms with Crippen LogP contribution in [0, 0.1) is 0 Å². The lowest BCUT2D eigenvalue weighted by Gasteiger charge is -2.18. The predicted molar refractivity (Wildman–Crippen MR) is 62.1 cm³/mol. The third-order valence-electron chi connectivity index (χ3n) is 2.69. The molecule has 1 saturated heterocycles. The molecule has 3 nitrogen and oxygen atoms in total. The van der Waals surface area contributed by atoms with Crippen molar-refractivity contribution in [1.29, 1.82) is 0 Å². The molecule has 1 aliphatic heterocycles. The Morgan fingerprint density at radius 3 is 2.80 bits per heavy atom. The van der Waals surface area contributed by atoms with Crippen LogP contribution < -0.4 is 5.32 Å². The van der Waals surface area contributed by atoms with Crippen molar-refractivity contribution in [2.75, 3.05) is 19.8 Å². The van der Waals surface area contributed by atoms with E-state index in [4.69, 9.17) is 9.47 Å². The van der Waals surface area contributed by atoms with Gasteiger partial charge in [0.15, 0.2) is 0 Å². The van der Waals surface area contributed by atoms with Gasteiger partial charge in [0.25, 0.3) is 0 Å². The van der Waals surface area contributed by atoms with Crippen LogP contribution in [0.25, 0.3) is 0 Å². The molecule has 2 unspecified atom stereocenters. The van der Waals surface area contributed by atoms with Gasteiger partial charge in [-0.2, -0.15) is 0 Å². The fourth-order valence-corrected chi connectivity index (χ4v) is 1.91. The summed E-state index contributed by atoms with van der Waals surface area (Å²) < 4.78 is 11.1. The van der Waals surface area contributed by atoms with E-state index in [-0.39, 0.29) is 0 Å². The molecular weight excluding hydrogens is 190 g/mol. The average molecular weight is 215 g/mol. The van der Waals surface area contributed by atoms with E-state index in [0.29, 0.717) is 18.2 Å². The smallest absolute Gasteiger partial charge is 0.0594 e. The highest BCUT2D eigenvalue weighted by Gasteiger charge is 2.17. The zero-order valence-electron chi connectivity index (χ0n) is 10.3. The first-order valence-electron chi connectivity index (χ1n) is 6.15. The molecule has 0 aromatic carbocycles. The number of hydrogen-bond acceptors (Lipinski definition) is 3. The van der Waals surface area contributed by atoms with Crippen molar-refractivity contribution in [3.05, 3.63) is 0 Å². The van der Waals surface area contributed by atoms with Gasteiger partial charge < -0.3 is 14.8 Å². The first-order valence-corrected chi connectivity index (χ1v) is 6.15. The second kappa shape index (κ2) is 7.20. The van der Waals surface area contributed by atoms with Crippen LogP contribution in [-0.2, 0) is 9.47 Å². The van der Waals surface area contributed by atoms with Gasteiger partial charge in [-0.1, -0.05) is 0 Å². The summed E-state index contributed by atoms with van der Waals surface area (Å²) in [5.74, 6) is 0. The Hall–Kier alpha value is -0.120. The zero-order valence-corrected chi connectivity index (χ0v) is 10.3. The predicted octanol–water partition coefficient (Wildman–Crippen LogP) is 1.96. The van der Waals surface area contributed by atoms with Gasteiger partial charge in [0.1, 0.15) is 0 Å². The summed E-state index contributed by atoms with van der Waals surface area (Å²) in [5, 5.41) is 3.46. The summed E-state index contributed by atoms with van der Waals surface area (Å²) in [4.78, 5) is 0. The topological polar surface area (TPSA) is 30.5 Å². The molecule has 0 aromatic heterocycles. The van der Waals surface area contributed by atoms with E-state index in [0.717, 1.165) is 26.2 Å². The molecule has 0 amide bonds. The molecule has 0 bridgehead atoms. The molecule has 0 aromatic rings. The van der Waals surface area contributed by atoms with Crippen molar-refractivity contribution in [2.45, 2.75) is 58.3 Å². The summed E-state index contributed by atoms with van der Waals surface area (Å²) in [6.45, 7) is 9.04. The Morgan fingerprint density at radius 2 is 2.20 bits per heavy atom. The van der Waals surface area contributed by atoms with Gasteiger partial charge in [-0.05, 0) is 40.0 Å². The maximum atomic E-state index is 5.60. The Morgan fingerprint density at radius 1 is 1.40 bits per heavy atom. The Labute approximate surface area is 93.5 Å². The molecule has 0 radical (unpaired) electrons. The number of nitrogens with one attached hydrogen (secondary N) is 1. The van der Waals surface area contributed by atoms with Gasteiger partial charge in [-0.3, -0.25) is 0 Å². The minimum Gasteiger partial charge on any atom is -0.378 e. The van der Waals surface area contributed by atoms with Crippen LogP contribution in [0.2, 0.25) is 0 Å². The van der Waals surface area contributed by atoms with Gasteiger partial charge in [-0.15, -0.1) is 0 Å². The molecule has 0 aliphatic carbocycles. The lowest BCUT2D eigenvalue weighted by Crippen LogP contribution is -2.32. The number of rotatable bonds is 7. The van der Waals surface area contributed by atoms with E-state index in [2.05, 4.69) is 26.1 Å². The van der Waals surface area contributed by atoms with Crippen molar-refractivity contribution >= 4 is 0 Å². The molecule has 1 heterocycles. The number of ether oxygens (including phenoxy) is 2. The lowest BCUT2D eigenvalue weighted by atomic mass is 10.1. The van der Waals surface area contributed by atoms with Crippen molar-refractivity contribution in [1.82, 2.24) is 5.32 Å². The van der Waals surface area contributed by atoms with E-state index < -0.39 is 0 Å². The molecule has 15 heavy (non-hydrogen) atoms. The summed E-state index contributed by atoms with van der Waals surface area (Å²) in [6, 6.07) is 0.531. The van der Waals surface area contributed by atoms with Crippen LogP contribution >= 0.6 is 0 Å². The van der Waals surface area contributed by atoms with Crippen molar-refractivity contribution < 1.29 is 9.47 Å². The molecule has 0 saturated carbocycles. The standard InChI is InChI=1S/C12H25NO2/c1-10(2)14-8-6-13-11(3)9-12-5-4-7-15-12/h10-13H,4-9H2,1-3H3. The van der Waals surface area contributed by atoms with E-state index >= 15 is 0 Å². The fourth-order valence-electron chi connectivity index (χ4n) is 1.91. The molecule has 1 aliphatic rings. The van der Waals surface area contributed by atoms with Gasteiger partial charge in [0.05, 0.1) is 18.8 Å². The minimum absolute atomic E-state index is 0.334. The third-order valence-corrected chi connectivity index (χ3v) is 2.69.